The quantitative estimate of drug-likeness (QED) is 0.778. The Morgan fingerprint density at radius 1 is 1.37 bits per heavy atom. The van der Waals surface area contributed by atoms with E-state index in [0.717, 1.165) is 5.76 Å². The highest BCUT2D eigenvalue weighted by Crippen LogP contribution is 2.26. The van der Waals surface area contributed by atoms with Crippen molar-refractivity contribution >= 4 is 28.7 Å². The topological polar surface area (TPSA) is 82.8 Å². The number of anilines is 1. The summed E-state index contributed by atoms with van der Waals surface area (Å²) in [5.41, 5.74) is 7.26. The van der Waals surface area contributed by atoms with Crippen molar-refractivity contribution in [2.75, 3.05) is 5.73 Å². The molecule has 1 atom stereocenters. The van der Waals surface area contributed by atoms with Crippen molar-refractivity contribution in [1.29, 1.82) is 0 Å². The number of nitrogens with zero attached hydrogens (tertiary/aromatic N) is 4. The highest BCUT2D eigenvalue weighted by atomic mass is 35.5. The maximum Gasteiger partial charge on any atom is 0.217 e. The van der Waals surface area contributed by atoms with E-state index in [9.17, 15) is 0 Å². The largest absolute Gasteiger partial charge is 0.444 e. The van der Waals surface area contributed by atoms with E-state index >= 15 is 0 Å². The normalized spacial score (nSPS) is 13.0. The van der Waals surface area contributed by atoms with Gasteiger partial charge in [0.25, 0.3) is 0 Å². The first-order valence-electron chi connectivity index (χ1n) is 5.77. The van der Waals surface area contributed by atoms with E-state index in [0.29, 0.717) is 28.0 Å². The number of rotatable bonds is 2. The van der Waals surface area contributed by atoms with E-state index in [-0.39, 0.29) is 6.04 Å². The van der Waals surface area contributed by atoms with Crippen LogP contribution in [0.4, 0.5) is 5.95 Å². The van der Waals surface area contributed by atoms with Gasteiger partial charge in [0.15, 0.2) is 5.65 Å². The Bertz CT molecular complexity index is 748. The predicted octanol–water partition coefficient (Wildman–Crippen LogP) is 2.57. The molecule has 0 amide bonds. The fraction of sp³-hybridized carbons (Fsp3) is 0.250. The number of hydrogen-bond donors (Lipinski definition) is 1. The van der Waals surface area contributed by atoms with E-state index in [1.165, 1.54) is 0 Å². The van der Waals surface area contributed by atoms with E-state index in [4.69, 9.17) is 21.8 Å². The number of halogens is 1. The first kappa shape index (κ1) is 12.0. The maximum atomic E-state index is 5.95. The third-order valence-electron chi connectivity index (χ3n) is 2.91. The number of nitrogens with two attached hydrogens (primary N) is 1. The fourth-order valence-electron chi connectivity index (χ4n) is 2.03. The molecular formula is C12H12ClN5O. The van der Waals surface area contributed by atoms with Gasteiger partial charge in [0.05, 0.1) is 11.2 Å². The zero-order valence-corrected chi connectivity index (χ0v) is 11.2. The molecular weight excluding hydrogens is 266 g/mol. The summed E-state index contributed by atoms with van der Waals surface area (Å²) < 4.78 is 7.30. The molecule has 1 unspecified atom stereocenters. The summed E-state index contributed by atoms with van der Waals surface area (Å²) in [6.45, 7) is 3.77. The molecule has 0 aliphatic rings. The van der Waals surface area contributed by atoms with Gasteiger partial charge in [-0.15, -0.1) is 0 Å². The van der Waals surface area contributed by atoms with Gasteiger partial charge >= 0.3 is 0 Å². The van der Waals surface area contributed by atoms with Crippen LogP contribution >= 0.6 is 11.6 Å². The third-order valence-corrected chi connectivity index (χ3v) is 3.11. The van der Waals surface area contributed by atoms with Crippen LogP contribution in [0.15, 0.2) is 22.9 Å². The minimum atomic E-state index is -0.188. The van der Waals surface area contributed by atoms with Crippen LogP contribution in [-0.2, 0) is 0 Å². The summed E-state index contributed by atoms with van der Waals surface area (Å²) in [5.74, 6) is 1.68. The predicted molar refractivity (Wildman–Crippen MR) is 72.0 cm³/mol. The molecule has 0 aliphatic heterocycles. The van der Waals surface area contributed by atoms with Crippen molar-refractivity contribution in [3.8, 4) is 0 Å². The number of hydrogen-bond acceptors (Lipinski definition) is 5. The van der Waals surface area contributed by atoms with Crippen LogP contribution in [-0.4, -0.2) is 19.5 Å². The van der Waals surface area contributed by atoms with Crippen LogP contribution in [0.2, 0.25) is 5.02 Å². The van der Waals surface area contributed by atoms with Crippen molar-refractivity contribution in [3.05, 3.63) is 35.1 Å². The lowest BCUT2D eigenvalue weighted by molar-refractivity contribution is 0.420. The zero-order valence-electron chi connectivity index (χ0n) is 10.5. The van der Waals surface area contributed by atoms with Gasteiger partial charge in [0.2, 0.25) is 11.8 Å². The van der Waals surface area contributed by atoms with Crippen LogP contribution in [0.3, 0.4) is 0 Å². The SMILES string of the molecule is Cc1cnc(C(C)n2c(N)nc3cc(Cl)cnc32)o1. The lowest BCUT2D eigenvalue weighted by atomic mass is 10.3. The number of oxazole rings is 1. The van der Waals surface area contributed by atoms with Gasteiger partial charge in [-0.3, -0.25) is 4.57 Å². The summed E-state index contributed by atoms with van der Waals surface area (Å²) in [6.07, 6.45) is 3.24. The lowest BCUT2D eigenvalue weighted by Crippen LogP contribution is -2.11. The molecule has 0 saturated carbocycles. The van der Waals surface area contributed by atoms with E-state index in [1.54, 1.807) is 23.0 Å². The first-order chi connectivity index (χ1) is 9.06. The maximum absolute atomic E-state index is 5.95. The molecule has 0 saturated heterocycles. The summed E-state index contributed by atoms with van der Waals surface area (Å²) in [4.78, 5) is 12.7. The molecule has 6 nitrogen and oxygen atoms in total. The van der Waals surface area contributed by atoms with Crippen molar-refractivity contribution in [2.24, 2.45) is 0 Å². The molecule has 98 valence electrons. The number of aryl methyl sites for hydroxylation is 1. The van der Waals surface area contributed by atoms with E-state index in [1.807, 2.05) is 13.8 Å². The van der Waals surface area contributed by atoms with Crippen LogP contribution < -0.4 is 5.73 Å². The van der Waals surface area contributed by atoms with Crippen LogP contribution in [0.1, 0.15) is 24.6 Å². The Kier molecular flexibility index (Phi) is 2.67. The molecule has 0 aliphatic carbocycles. The Hall–Kier alpha value is -2.08. The average molecular weight is 278 g/mol. The van der Waals surface area contributed by atoms with Crippen LogP contribution in [0.25, 0.3) is 11.2 Å². The molecule has 0 spiro atoms. The summed E-state index contributed by atoms with van der Waals surface area (Å²) in [7, 11) is 0. The fourth-order valence-corrected chi connectivity index (χ4v) is 2.18. The van der Waals surface area contributed by atoms with Gasteiger partial charge < -0.3 is 10.2 Å². The molecule has 0 fully saturated rings. The van der Waals surface area contributed by atoms with Crippen molar-refractivity contribution in [3.63, 3.8) is 0 Å². The standard InChI is InChI=1S/C12H12ClN5O/c1-6-4-16-11(19-6)7(2)18-10-9(17-12(18)14)3-8(13)5-15-10/h3-5,7H,1-2H3,(H2,14,17). The third kappa shape index (κ3) is 1.94. The molecule has 0 aromatic carbocycles. The highest BCUT2D eigenvalue weighted by Gasteiger charge is 2.20. The zero-order chi connectivity index (χ0) is 13.6. The highest BCUT2D eigenvalue weighted by molar-refractivity contribution is 6.31. The molecule has 3 aromatic heterocycles. The Morgan fingerprint density at radius 3 is 2.84 bits per heavy atom. The van der Waals surface area contributed by atoms with Gasteiger partial charge in [0, 0.05) is 6.20 Å². The molecule has 3 aromatic rings. The van der Waals surface area contributed by atoms with Gasteiger partial charge in [-0.2, -0.15) is 0 Å². The van der Waals surface area contributed by atoms with Crippen LogP contribution in [0, 0.1) is 6.92 Å². The van der Waals surface area contributed by atoms with E-state index < -0.39 is 0 Å². The van der Waals surface area contributed by atoms with Crippen molar-refractivity contribution in [1.82, 2.24) is 19.5 Å². The number of aromatic nitrogens is 4. The second kappa shape index (κ2) is 4.24. The van der Waals surface area contributed by atoms with Gasteiger partial charge in [-0.1, -0.05) is 11.6 Å². The molecule has 7 heteroatoms. The summed E-state index contributed by atoms with van der Waals surface area (Å²) in [6, 6.07) is 1.54. The Morgan fingerprint density at radius 2 is 2.16 bits per heavy atom. The summed E-state index contributed by atoms with van der Waals surface area (Å²) in [5, 5.41) is 0.525. The molecule has 0 bridgehead atoms. The summed E-state index contributed by atoms with van der Waals surface area (Å²) >= 11 is 5.90. The smallest absolute Gasteiger partial charge is 0.217 e. The average Bonchev–Trinajstić information content (AvgIpc) is 2.91. The minimum Gasteiger partial charge on any atom is -0.444 e. The Balaban J connectivity index is 2.16. The Labute approximate surface area is 114 Å². The number of imidazole rings is 1. The molecule has 19 heavy (non-hydrogen) atoms. The van der Waals surface area contributed by atoms with Crippen molar-refractivity contribution in [2.45, 2.75) is 19.9 Å². The molecule has 2 N–H and O–H groups in total. The van der Waals surface area contributed by atoms with Crippen molar-refractivity contribution < 1.29 is 4.42 Å². The van der Waals surface area contributed by atoms with Crippen LogP contribution in [0.5, 0.6) is 0 Å². The van der Waals surface area contributed by atoms with Gasteiger partial charge in [-0.05, 0) is 19.9 Å². The lowest BCUT2D eigenvalue weighted by Gasteiger charge is -2.11. The minimum absolute atomic E-state index is 0.188. The molecule has 0 radical (unpaired) electrons. The van der Waals surface area contributed by atoms with Gasteiger partial charge in [-0.25, -0.2) is 15.0 Å². The molecule has 3 rings (SSSR count). The first-order valence-corrected chi connectivity index (χ1v) is 6.15. The molecule has 3 heterocycles. The van der Waals surface area contributed by atoms with Gasteiger partial charge in [0.1, 0.15) is 17.3 Å². The monoisotopic (exact) mass is 277 g/mol. The van der Waals surface area contributed by atoms with E-state index in [2.05, 4.69) is 15.0 Å². The second-order valence-electron chi connectivity index (χ2n) is 4.32. The number of fused-ring (bicyclic) bond motifs is 1. The second-order valence-corrected chi connectivity index (χ2v) is 4.76. The number of nitrogen functional groups attached to an aromatic ring is 1. The number of pyridine rings is 1.